The fourth-order valence-electron chi connectivity index (χ4n) is 3.34. The van der Waals surface area contributed by atoms with Crippen molar-refractivity contribution in [1.82, 2.24) is 20.8 Å². The number of aryl methyl sites for hydroxylation is 1. The Bertz CT molecular complexity index is 831. The Morgan fingerprint density at radius 1 is 1.07 bits per heavy atom. The molecule has 0 bridgehead atoms. The summed E-state index contributed by atoms with van der Waals surface area (Å²) in [5.41, 5.74) is 7.26. The molecule has 1 saturated heterocycles. The number of aromatic nitrogens is 2. The highest BCUT2D eigenvalue weighted by atomic mass is 16.2. The van der Waals surface area contributed by atoms with Crippen LogP contribution in [-0.4, -0.2) is 34.9 Å². The highest BCUT2D eigenvalue weighted by Gasteiger charge is 2.26. The molecule has 0 atom stereocenters. The summed E-state index contributed by atoms with van der Waals surface area (Å²) in [6.07, 6.45) is 8.05. The topological polar surface area (TPSA) is 87.2 Å². The summed E-state index contributed by atoms with van der Waals surface area (Å²) in [6, 6.07) is 11.9. The molecule has 3 rings (SSSR count). The first-order chi connectivity index (χ1) is 14.1. The van der Waals surface area contributed by atoms with Gasteiger partial charge in [-0.3, -0.25) is 20.4 Å². The van der Waals surface area contributed by atoms with Crippen LogP contribution < -0.4 is 15.8 Å². The molecular weight excluding hydrogens is 366 g/mol. The summed E-state index contributed by atoms with van der Waals surface area (Å²) >= 11 is 0. The van der Waals surface area contributed by atoms with Crippen LogP contribution in [0.4, 0.5) is 5.95 Å². The lowest BCUT2D eigenvalue weighted by atomic mass is 9.96. The molecule has 2 aromatic rings. The van der Waals surface area contributed by atoms with Crippen LogP contribution in [0, 0.1) is 5.92 Å². The fourth-order valence-corrected chi connectivity index (χ4v) is 3.34. The Hall–Kier alpha value is -3.22. The molecule has 0 aliphatic carbocycles. The van der Waals surface area contributed by atoms with E-state index in [1.165, 1.54) is 5.56 Å². The van der Waals surface area contributed by atoms with Gasteiger partial charge in [0.15, 0.2) is 0 Å². The lowest BCUT2D eigenvalue weighted by Gasteiger charge is -2.31. The van der Waals surface area contributed by atoms with E-state index in [0.29, 0.717) is 31.9 Å². The van der Waals surface area contributed by atoms with Crippen LogP contribution >= 0.6 is 0 Å². The zero-order valence-corrected chi connectivity index (χ0v) is 16.7. The Labute approximate surface area is 171 Å². The van der Waals surface area contributed by atoms with Gasteiger partial charge in [0.1, 0.15) is 0 Å². The zero-order chi connectivity index (χ0) is 20.5. The number of carbonyl (C=O) groups is 2. The third-order valence-electron chi connectivity index (χ3n) is 5.04. The van der Waals surface area contributed by atoms with Crippen molar-refractivity contribution in [3.05, 3.63) is 66.0 Å². The maximum absolute atomic E-state index is 12.3. The third kappa shape index (κ3) is 6.41. The molecule has 1 fully saturated rings. The largest absolute Gasteiger partial charge is 0.341 e. The lowest BCUT2D eigenvalue weighted by Crippen LogP contribution is -2.47. The van der Waals surface area contributed by atoms with Crippen molar-refractivity contribution in [3.63, 3.8) is 0 Å². The minimum absolute atomic E-state index is 0.126. The second kappa shape index (κ2) is 10.4. The van der Waals surface area contributed by atoms with Crippen LogP contribution in [0.3, 0.4) is 0 Å². The normalized spacial score (nSPS) is 15.1. The molecular formula is C22H27N5O2. The molecule has 1 aliphatic rings. The van der Waals surface area contributed by atoms with Gasteiger partial charge in [-0.25, -0.2) is 9.97 Å². The van der Waals surface area contributed by atoms with Crippen molar-refractivity contribution in [2.45, 2.75) is 32.6 Å². The molecule has 7 nitrogen and oxygen atoms in total. The number of anilines is 1. The van der Waals surface area contributed by atoms with E-state index >= 15 is 0 Å². The summed E-state index contributed by atoms with van der Waals surface area (Å²) < 4.78 is 0. The van der Waals surface area contributed by atoms with E-state index in [1.54, 1.807) is 24.5 Å². The van der Waals surface area contributed by atoms with Crippen LogP contribution in [-0.2, 0) is 16.0 Å². The highest BCUT2D eigenvalue weighted by Crippen LogP contribution is 2.20. The smallest absolute Gasteiger partial charge is 0.262 e. The van der Waals surface area contributed by atoms with Gasteiger partial charge in [-0.05, 0) is 44.2 Å². The molecule has 1 aromatic heterocycles. The minimum atomic E-state index is -0.306. The monoisotopic (exact) mass is 393 g/mol. The van der Waals surface area contributed by atoms with Gasteiger partial charge >= 0.3 is 0 Å². The lowest BCUT2D eigenvalue weighted by molar-refractivity contribution is -0.130. The van der Waals surface area contributed by atoms with Crippen LogP contribution in [0.25, 0.3) is 0 Å². The van der Waals surface area contributed by atoms with Crippen molar-refractivity contribution in [2.24, 2.45) is 5.92 Å². The molecule has 2 N–H and O–H groups in total. The number of piperidine rings is 1. The van der Waals surface area contributed by atoms with Crippen LogP contribution in [0.1, 0.15) is 31.7 Å². The van der Waals surface area contributed by atoms with Crippen LogP contribution in [0.2, 0.25) is 0 Å². The summed E-state index contributed by atoms with van der Waals surface area (Å²) in [5.74, 6) is 0.107. The van der Waals surface area contributed by atoms with Gasteiger partial charge in [0.05, 0.1) is 0 Å². The molecule has 152 valence electrons. The molecule has 0 unspecified atom stereocenters. The Morgan fingerprint density at radius 2 is 1.76 bits per heavy atom. The molecule has 29 heavy (non-hydrogen) atoms. The van der Waals surface area contributed by atoms with E-state index in [0.717, 1.165) is 18.4 Å². The summed E-state index contributed by atoms with van der Waals surface area (Å²) in [6.45, 7) is 3.36. The molecule has 0 radical (unpaired) electrons. The number of hydrogen-bond donors (Lipinski definition) is 2. The van der Waals surface area contributed by atoms with Gasteiger partial charge in [0.2, 0.25) is 11.9 Å². The quantitative estimate of drug-likeness (QED) is 0.581. The number of amides is 2. The van der Waals surface area contributed by atoms with E-state index in [2.05, 4.69) is 37.9 Å². The molecule has 1 aromatic carbocycles. The SMILES string of the molecule is C/C(=C\C(=O)NNC(=O)C1CCN(c2ncccn2)CC1)CCc1ccccc1. The predicted octanol–water partition coefficient (Wildman–Crippen LogP) is 2.42. The number of benzene rings is 1. The van der Waals surface area contributed by atoms with Gasteiger partial charge in [-0.15, -0.1) is 0 Å². The number of nitrogens with one attached hydrogen (secondary N) is 2. The number of nitrogens with zero attached hydrogens (tertiary/aromatic N) is 3. The third-order valence-corrected chi connectivity index (χ3v) is 5.04. The zero-order valence-electron chi connectivity index (χ0n) is 16.7. The summed E-state index contributed by atoms with van der Waals surface area (Å²) in [7, 11) is 0. The second-order valence-corrected chi connectivity index (χ2v) is 7.26. The first-order valence-electron chi connectivity index (χ1n) is 9.94. The van der Waals surface area contributed by atoms with Crippen LogP contribution in [0.15, 0.2) is 60.4 Å². The molecule has 2 amide bonds. The maximum Gasteiger partial charge on any atom is 0.262 e. The number of allylic oxidation sites excluding steroid dienone is 1. The fraction of sp³-hybridized carbons (Fsp3) is 0.364. The molecule has 7 heteroatoms. The van der Waals surface area contributed by atoms with Crippen molar-refractivity contribution in [1.29, 1.82) is 0 Å². The Morgan fingerprint density at radius 3 is 2.45 bits per heavy atom. The van der Waals surface area contributed by atoms with Gasteiger partial charge in [-0.1, -0.05) is 35.9 Å². The molecule has 2 heterocycles. The van der Waals surface area contributed by atoms with E-state index in [-0.39, 0.29) is 17.7 Å². The van der Waals surface area contributed by atoms with Gasteiger partial charge in [0, 0.05) is 37.5 Å². The molecule has 0 saturated carbocycles. The van der Waals surface area contributed by atoms with E-state index < -0.39 is 0 Å². The molecule has 1 aliphatic heterocycles. The van der Waals surface area contributed by atoms with Gasteiger partial charge in [-0.2, -0.15) is 0 Å². The molecule has 0 spiro atoms. The van der Waals surface area contributed by atoms with Crippen molar-refractivity contribution < 1.29 is 9.59 Å². The average molecular weight is 393 g/mol. The Kier molecular flexibility index (Phi) is 7.33. The van der Waals surface area contributed by atoms with Crippen molar-refractivity contribution in [3.8, 4) is 0 Å². The van der Waals surface area contributed by atoms with Gasteiger partial charge < -0.3 is 4.90 Å². The Balaban J connectivity index is 1.38. The first kappa shape index (κ1) is 20.5. The number of hydrogen-bond acceptors (Lipinski definition) is 5. The number of carbonyl (C=O) groups excluding carboxylic acids is 2. The number of rotatable bonds is 6. The predicted molar refractivity (Wildman–Crippen MR) is 112 cm³/mol. The van der Waals surface area contributed by atoms with Crippen molar-refractivity contribution in [2.75, 3.05) is 18.0 Å². The minimum Gasteiger partial charge on any atom is -0.341 e. The van der Waals surface area contributed by atoms with Crippen LogP contribution in [0.5, 0.6) is 0 Å². The second-order valence-electron chi connectivity index (χ2n) is 7.26. The number of hydrazine groups is 1. The van der Waals surface area contributed by atoms with E-state index in [4.69, 9.17) is 0 Å². The van der Waals surface area contributed by atoms with E-state index in [9.17, 15) is 9.59 Å². The first-order valence-corrected chi connectivity index (χ1v) is 9.94. The highest BCUT2D eigenvalue weighted by molar-refractivity contribution is 5.90. The van der Waals surface area contributed by atoms with Crippen molar-refractivity contribution >= 4 is 17.8 Å². The maximum atomic E-state index is 12.3. The van der Waals surface area contributed by atoms with E-state index in [1.807, 2.05) is 25.1 Å². The standard InChI is InChI=1S/C22H27N5O2/c1-17(8-9-18-6-3-2-4-7-18)16-20(28)25-26-21(29)19-10-14-27(15-11-19)22-23-12-5-13-24-22/h2-7,12-13,16,19H,8-11,14-15H2,1H3,(H,25,28)(H,26,29)/b17-16+. The summed E-state index contributed by atoms with van der Waals surface area (Å²) in [5, 5.41) is 0. The summed E-state index contributed by atoms with van der Waals surface area (Å²) in [4.78, 5) is 35.0. The van der Waals surface area contributed by atoms with Gasteiger partial charge in [0.25, 0.3) is 5.91 Å². The average Bonchev–Trinajstić information content (AvgIpc) is 2.77.